The van der Waals surface area contributed by atoms with Gasteiger partial charge in [-0.1, -0.05) is 71.0 Å². The van der Waals surface area contributed by atoms with E-state index < -0.39 is 102 Å². The molecule has 3 aliphatic rings. The van der Waals surface area contributed by atoms with Crippen molar-refractivity contribution in [1.29, 1.82) is 0 Å². The number of hydrogen-bond acceptors (Lipinski definition) is 15. The van der Waals surface area contributed by atoms with E-state index in [0.29, 0.717) is 6.42 Å². The molecule has 318 valence electrons. The van der Waals surface area contributed by atoms with E-state index in [1.165, 1.54) is 7.11 Å². The molecule has 3 heterocycles. The van der Waals surface area contributed by atoms with Crippen LogP contribution in [0.15, 0.2) is 54.1 Å². The predicted molar refractivity (Wildman–Crippen MR) is 203 cm³/mol. The lowest BCUT2D eigenvalue weighted by molar-refractivity contribution is -0.327. The highest BCUT2D eigenvalue weighted by Crippen LogP contribution is 2.47. The van der Waals surface area contributed by atoms with E-state index in [0.717, 1.165) is 11.6 Å². The number of carbonyl (C=O) groups is 4. The number of ether oxygens (including phenoxy) is 8. The SMILES string of the molecule is CCC(=O)O[C@H]1/C(=C/C(=O)OC)C[C@H]2C[C@H](C(C)OCc3ccccc3)OC(=O)C[C@H](O)CC(=O)O[C@H](C(C)(C)CO)C[C@@H]3CCO[C@H](/C=C/C(C)(C)[C@]1(O)O2)O3. The lowest BCUT2D eigenvalue weighted by atomic mass is 9.74. The van der Waals surface area contributed by atoms with Gasteiger partial charge in [-0.2, -0.15) is 0 Å². The summed E-state index contributed by atoms with van der Waals surface area (Å²) in [4.78, 5) is 52.3. The normalized spacial score (nSPS) is 32.2. The predicted octanol–water partition coefficient (Wildman–Crippen LogP) is 3.98. The molecular formula is C42H60O15. The first-order valence-electron chi connectivity index (χ1n) is 19.6. The van der Waals surface area contributed by atoms with Crippen LogP contribution in [0, 0.1) is 10.8 Å². The first kappa shape index (κ1) is 46.0. The molecule has 4 bridgehead atoms. The molecule has 1 unspecified atom stereocenters. The molecule has 3 aliphatic heterocycles. The summed E-state index contributed by atoms with van der Waals surface area (Å²) in [6.07, 6.45) is -4.21. The van der Waals surface area contributed by atoms with Gasteiger partial charge in [-0.15, -0.1) is 0 Å². The zero-order valence-corrected chi connectivity index (χ0v) is 34.0. The van der Waals surface area contributed by atoms with Gasteiger partial charge in [0.2, 0.25) is 5.79 Å². The van der Waals surface area contributed by atoms with Crippen LogP contribution in [-0.4, -0.2) is 114 Å². The van der Waals surface area contributed by atoms with E-state index >= 15 is 0 Å². The summed E-state index contributed by atoms with van der Waals surface area (Å²) in [5.74, 6) is -5.35. The lowest BCUT2D eigenvalue weighted by Gasteiger charge is -2.51. The average molecular weight is 805 g/mol. The van der Waals surface area contributed by atoms with Crippen LogP contribution in [0.3, 0.4) is 0 Å². The summed E-state index contributed by atoms with van der Waals surface area (Å²) in [6, 6.07) is 9.33. The van der Waals surface area contributed by atoms with E-state index in [9.17, 15) is 34.5 Å². The maximum absolute atomic E-state index is 13.5. The molecule has 3 N–H and O–H groups in total. The fourth-order valence-electron chi connectivity index (χ4n) is 6.89. The fourth-order valence-corrected chi connectivity index (χ4v) is 6.89. The zero-order valence-electron chi connectivity index (χ0n) is 34.0. The van der Waals surface area contributed by atoms with Gasteiger partial charge in [0.05, 0.1) is 64.2 Å². The molecule has 0 aliphatic carbocycles. The number of rotatable bonds is 9. The van der Waals surface area contributed by atoms with Crippen LogP contribution in [0.1, 0.15) is 92.1 Å². The second kappa shape index (κ2) is 20.3. The highest BCUT2D eigenvalue weighted by molar-refractivity contribution is 5.83. The van der Waals surface area contributed by atoms with E-state index in [4.69, 9.17) is 37.9 Å². The van der Waals surface area contributed by atoms with Gasteiger partial charge in [0, 0.05) is 36.2 Å². The highest BCUT2D eigenvalue weighted by atomic mass is 16.7. The molecule has 2 saturated heterocycles. The van der Waals surface area contributed by atoms with Gasteiger partial charge < -0.3 is 53.2 Å². The number of methoxy groups -OCH3 is 1. The Morgan fingerprint density at radius 1 is 1.04 bits per heavy atom. The molecule has 2 fully saturated rings. The third-order valence-electron chi connectivity index (χ3n) is 10.7. The van der Waals surface area contributed by atoms with Crippen molar-refractivity contribution in [3.8, 4) is 0 Å². The van der Waals surface area contributed by atoms with Crippen molar-refractivity contribution in [3.63, 3.8) is 0 Å². The Hall–Kier alpha value is -3.70. The topological polar surface area (TPSA) is 203 Å². The van der Waals surface area contributed by atoms with Crippen molar-refractivity contribution in [2.24, 2.45) is 10.8 Å². The van der Waals surface area contributed by atoms with Gasteiger partial charge in [0.1, 0.15) is 12.2 Å². The maximum atomic E-state index is 13.5. The van der Waals surface area contributed by atoms with Crippen LogP contribution in [0.25, 0.3) is 0 Å². The Labute approximate surface area is 334 Å². The number of cyclic esters (lactones) is 2. The fraction of sp³-hybridized carbons (Fsp3) is 0.667. The number of benzene rings is 1. The van der Waals surface area contributed by atoms with Crippen LogP contribution in [0.4, 0.5) is 0 Å². The van der Waals surface area contributed by atoms with E-state index in [2.05, 4.69) is 0 Å². The molecule has 0 spiro atoms. The van der Waals surface area contributed by atoms with Gasteiger partial charge in [0.25, 0.3) is 0 Å². The Bertz CT molecular complexity index is 1570. The van der Waals surface area contributed by atoms with Crippen LogP contribution < -0.4 is 0 Å². The van der Waals surface area contributed by atoms with E-state index in [1.807, 2.05) is 30.3 Å². The monoisotopic (exact) mass is 804 g/mol. The van der Waals surface area contributed by atoms with Crippen molar-refractivity contribution in [2.75, 3.05) is 20.3 Å². The Morgan fingerprint density at radius 2 is 1.72 bits per heavy atom. The Morgan fingerprint density at radius 3 is 2.37 bits per heavy atom. The summed E-state index contributed by atoms with van der Waals surface area (Å²) in [7, 11) is 1.20. The minimum atomic E-state index is -2.32. The van der Waals surface area contributed by atoms with Gasteiger partial charge in [0.15, 0.2) is 12.4 Å². The summed E-state index contributed by atoms with van der Waals surface area (Å²) in [6.45, 7) is 10.2. The van der Waals surface area contributed by atoms with Gasteiger partial charge in [-0.3, -0.25) is 14.4 Å². The molecule has 57 heavy (non-hydrogen) atoms. The molecule has 1 aromatic rings. The van der Waals surface area contributed by atoms with Gasteiger partial charge >= 0.3 is 23.9 Å². The maximum Gasteiger partial charge on any atom is 0.330 e. The number of aliphatic hydroxyl groups excluding tert-OH is 2. The van der Waals surface area contributed by atoms with Crippen LogP contribution in [0.5, 0.6) is 0 Å². The zero-order chi connectivity index (χ0) is 42.0. The van der Waals surface area contributed by atoms with E-state index in [-0.39, 0.29) is 51.1 Å². The summed E-state index contributed by atoms with van der Waals surface area (Å²) in [5, 5.41) is 33.8. The number of carbonyl (C=O) groups excluding carboxylic acids is 4. The number of hydrogen-bond donors (Lipinski definition) is 3. The first-order valence-corrected chi connectivity index (χ1v) is 19.6. The molecule has 9 atom stereocenters. The minimum Gasteiger partial charge on any atom is -0.466 e. The summed E-state index contributed by atoms with van der Waals surface area (Å²) >= 11 is 0. The second-order valence-electron chi connectivity index (χ2n) is 16.2. The molecule has 15 heteroatoms. The number of fused-ring (bicyclic) bond motifs is 4. The van der Waals surface area contributed by atoms with E-state index in [1.54, 1.807) is 53.7 Å². The molecular weight excluding hydrogens is 744 g/mol. The van der Waals surface area contributed by atoms with Crippen molar-refractivity contribution in [1.82, 2.24) is 0 Å². The van der Waals surface area contributed by atoms with Gasteiger partial charge in [-0.05, 0) is 37.0 Å². The number of esters is 4. The van der Waals surface area contributed by atoms with Crippen LogP contribution in [-0.2, 0) is 63.7 Å². The van der Waals surface area contributed by atoms with Crippen LogP contribution in [0.2, 0.25) is 0 Å². The van der Waals surface area contributed by atoms with Crippen molar-refractivity contribution < 1.29 is 72.4 Å². The minimum absolute atomic E-state index is 0.0353. The van der Waals surface area contributed by atoms with Crippen molar-refractivity contribution >= 4 is 23.9 Å². The molecule has 1 aromatic carbocycles. The third-order valence-corrected chi connectivity index (χ3v) is 10.7. The van der Waals surface area contributed by atoms with Crippen LogP contribution >= 0.6 is 0 Å². The number of aliphatic hydroxyl groups is 3. The van der Waals surface area contributed by atoms with Crippen molar-refractivity contribution in [3.05, 3.63) is 59.7 Å². The molecule has 15 nitrogen and oxygen atoms in total. The summed E-state index contributed by atoms with van der Waals surface area (Å²) in [5.41, 5.74) is -1.22. The smallest absolute Gasteiger partial charge is 0.330 e. The molecule has 0 aromatic heterocycles. The standard InChI is InChI=1S/C42H60O15/c1-8-34(45)56-39-28(19-35(46)50-7)18-31-22-32(26(2)52-24-27-12-10-9-11-13-27)54-36(47)20-29(44)21-37(48)55-33(40(3,4)25-43)23-30-15-17-51-38(53-30)14-16-41(5,6)42(39,49)57-31/h9-14,16,19,26,29-33,38-39,43-44,49H,8,15,17-18,20-25H2,1-7H3/b16-14+,28-19+/t26?,29-,30-,31-,32+,33-,38-,39-,42+/m0/s1. The molecule has 0 radical (unpaired) electrons. The van der Waals surface area contributed by atoms with Crippen molar-refractivity contribution in [2.45, 2.75) is 148 Å². The van der Waals surface area contributed by atoms with Gasteiger partial charge in [-0.25, -0.2) is 4.79 Å². The molecule has 4 rings (SSSR count). The Balaban J connectivity index is 1.79. The quantitative estimate of drug-likeness (QED) is 0.140. The Kier molecular flexibility index (Phi) is 16.4. The third kappa shape index (κ3) is 12.6. The first-order chi connectivity index (χ1) is 26.9. The second-order valence-corrected chi connectivity index (χ2v) is 16.2. The average Bonchev–Trinajstić information content (AvgIpc) is 3.16. The molecule has 0 saturated carbocycles. The summed E-state index contributed by atoms with van der Waals surface area (Å²) < 4.78 is 47.4. The largest absolute Gasteiger partial charge is 0.466 e. The molecule has 0 amide bonds. The highest BCUT2D eigenvalue weighted by Gasteiger charge is 2.58. The lowest BCUT2D eigenvalue weighted by Crippen LogP contribution is -2.62.